The molecular formula is C13H19NO2. The third-order valence-corrected chi connectivity index (χ3v) is 4.12. The van der Waals surface area contributed by atoms with Crippen molar-refractivity contribution >= 4 is 0 Å². The molecule has 1 aliphatic carbocycles. The highest BCUT2D eigenvalue weighted by atomic mass is 16.5. The van der Waals surface area contributed by atoms with Gasteiger partial charge in [0.15, 0.2) is 0 Å². The number of hydrogen-bond acceptors (Lipinski definition) is 3. The molecular weight excluding hydrogens is 202 g/mol. The van der Waals surface area contributed by atoms with Crippen LogP contribution in [0.25, 0.3) is 0 Å². The highest BCUT2D eigenvalue weighted by molar-refractivity contribution is 5.30. The Hall–Kier alpha value is -0.800. The van der Waals surface area contributed by atoms with Gasteiger partial charge in [-0.15, -0.1) is 0 Å². The summed E-state index contributed by atoms with van der Waals surface area (Å²) in [4.78, 5) is 0. The summed E-state index contributed by atoms with van der Waals surface area (Å²) in [6, 6.07) is 2.14. The van der Waals surface area contributed by atoms with Crippen LogP contribution in [0.4, 0.5) is 0 Å². The molecule has 0 saturated heterocycles. The zero-order chi connectivity index (χ0) is 11.0. The normalized spacial score (nSPS) is 33.9. The van der Waals surface area contributed by atoms with Gasteiger partial charge in [0.2, 0.25) is 0 Å². The van der Waals surface area contributed by atoms with Gasteiger partial charge in [0, 0.05) is 31.2 Å². The van der Waals surface area contributed by atoms with Crippen molar-refractivity contribution < 1.29 is 9.15 Å². The Balaban J connectivity index is 1.94. The van der Waals surface area contributed by atoms with Gasteiger partial charge in [-0.05, 0) is 31.7 Å². The van der Waals surface area contributed by atoms with Crippen LogP contribution in [0.15, 0.2) is 16.7 Å². The number of methoxy groups -OCH3 is 1. The first-order valence-corrected chi connectivity index (χ1v) is 6.19. The van der Waals surface area contributed by atoms with Gasteiger partial charge in [0.05, 0.1) is 12.4 Å². The monoisotopic (exact) mass is 221 g/mol. The Morgan fingerprint density at radius 3 is 3.38 bits per heavy atom. The Morgan fingerprint density at radius 1 is 1.56 bits per heavy atom. The highest BCUT2D eigenvalue weighted by Gasteiger charge is 2.41. The minimum absolute atomic E-state index is 0.125. The van der Waals surface area contributed by atoms with E-state index in [0.717, 1.165) is 19.4 Å². The van der Waals surface area contributed by atoms with Gasteiger partial charge in [-0.25, -0.2) is 0 Å². The molecule has 3 rings (SSSR count). The summed E-state index contributed by atoms with van der Waals surface area (Å²) in [5.74, 6) is 1.18. The summed E-state index contributed by atoms with van der Waals surface area (Å²) in [5.41, 5.74) is 1.50. The van der Waals surface area contributed by atoms with Crippen molar-refractivity contribution in [3.05, 3.63) is 23.7 Å². The van der Waals surface area contributed by atoms with Crippen LogP contribution < -0.4 is 5.32 Å². The number of furan rings is 1. The molecule has 1 aromatic rings. The fourth-order valence-electron chi connectivity index (χ4n) is 3.30. The van der Waals surface area contributed by atoms with Gasteiger partial charge < -0.3 is 14.5 Å². The third-order valence-electron chi connectivity index (χ3n) is 4.12. The molecule has 2 atom stereocenters. The first kappa shape index (κ1) is 10.4. The van der Waals surface area contributed by atoms with Crippen LogP contribution in [0.2, 0.25) is 0 Å². The molecule has 1 aliphatic heterocycles. The van der Waals surface area contributed by atoms with Crippen LogP contribution >= 0.6 is 0 Å². The van der Waals surface area contributed by atoms with E-state index in [9.17, 15) is 0 Å². The average Bonchev–Trinajstić information content (AvgIpc) is 2.79. The fraction of sp³-hybridized carbons (Fsp3) is 0.692. The predicted molar refractivity (Wildman–Crippen MR) is 61.4 cm³/mol. The van der Waals surface area contributed by atoms with E-state index in [1.165, 1.54) is 30.6 Å². The van der Waals surface area contributed by atoms with Gasteiger partial charge in [-0.1, -0.05) is 0 Å². The van der Waals surface area contributed by atoms with Crippen LogP contribution in [0.3, 0.4) is 0 Å². The number of fused-ring (bicyclic) bond motifs is 2. The molecule has 0 amide bonds. The van der Waals surface area contributed by atoms with Crippen molar-refractivity contribution in [2.75, 3.05) is 13.7 Å². The molecule has 3 nitrogen and oxygen atoms in total. The van der Waals surface area contributed by atoms with E-state index in [2.05, 4.69) is 11.4 Å². The van der Waals surface area contributed by atoms with Crippen molar-refractivity contribution in [2.24, 2.45) is 0 Å². The zero-order valence-electron chi connectivity index (χ0n) is 9.79. The number of hydrogen-bond donors (Lipinski definition) is 1. The summed E-state index contributed by atoms with van der Waals surface area (Å²) in [6.45, 7) is 1.02. The lowest BCUT2D eigenvalue weighted by atomic mass is 9.73. The maximum absolute atomic E-state index is 5.57. The second-order valence-electron chi connectivity index (χ2n) is 4.97. The molecule has 0 bridgehead atoms. The molecule has 0 aromatic carbocycles. The molecule has 3 heteroatoms. The van der Waals surface area contributed by atoms with Crippen LogP contribution in [-0.4, -0.2) is 19.8 Å². The summed E-state index contributed by atoms with van der Waals surface area (Å²) < 4.78 is 11.1. The van der Waals surface area contributed by atoms with E-state index < -0.39 is 0 Å². The molecule has 1 saturated carbocycles. The smallest absolute Gasteiger partial charge is 0.110 e. The van der Waals surface area contributed by atoms with E-state index in [0.29, 0.717) is 6.10 Å². The van der Waals surface area contributed by atoms with E-state index in [4.69, 9.17) is 9.15 Å². The minimum atomic E-state index is 0.125. The van der Waals surface area contributed by atoms with Crippen molar-refractivity contribution in [1.82, 2.24) is 5.32 Å². The van der Waals surface area contributed by atoms with Gasteiger partial charge in [-0.3, -0.25) is 0 Å². The van der Waals surface area contributed by atoms with Crippen LogP contribution in [0, 0.1) is 0 Å². The molecule has 1 spiro atoms. The molecule has 1 aromatic heterocycles. The van der Waals surface area contributed by atoms with Gasteiger partial charge in [0.1, 0.15) is 5.76 Å². The van der Waals surface area contributed by atoms with E-state index >= 15 is 0 Å². The Labute approximate surface area is 96.2 Å². The molecule has 1 fully saturated rings. The minimum Gasteiger partial charge on any atom is -0.469 e. The summed E-state index contributed by atoms with van der Waals surface area (Å²) >= 11 is 0. The second kappa shape index (κ2) is 3.90. The lowest BCUT2D eigenvalue weighted by Crippen LogP contribution is -2.51. The number of ether oxygens (including phenoxy) is 1. The van der Waals surface area contributed by atoms with E-state index in [-0.39, 0.29) is 5.54 Å². The first-order valence-electron chi connectivity index (χ1n) is 6.19. The molecule has 88 valence electrons. The Bertz CT molecular complexity index is 374. The number of nitrogens with one attached hydrogen (secondary N) is 1. The van der Waals surface area contributed by atoms with Gasteiger partial charge in [-0.2, -0.15) is 0 Å². The summed E-state index contributed by atoms with van der Waals surface area (Å²) in [7, 11) is 1.82. The molecule has 2 unspecified atom stereocenters. The maximum atomic E-state index is 5.57. The predicted octanol–water partition coefficient (Wildman–Crippen LogP) is 2.21. The Kier molecular flexibility index (Phi) is 2.52. The van der Waals surface area contributed by atoms with E-state index in [1.54, 1.807) is 0 Å². The van der Waals surface area contributed by atoms with Gasteiger partial charge >= 0.3 is 0 Å². The number of rotatable bonds is 1. The quantitative estimate of drug-likeness (QED) is 0.789. The van der Waals surface area contributed by atoms with Crippen LogP contribution in [0.5, 0.6) is 0 Å². The largest absolute Gasteiger partial charge is 0.469 e. The topological polar surface area (TPSA) is 34.4 Å². The fourth-order valence-corrected chi connectivity index (χ4v) is 3.30. The van der Waals surface area contributed by atoms with Crippen molar-refractivity contribution in [3.63, 3.8) is 0 Å². The highest BCUT2D eigenvalue weighted by Crippen LogP contribution is 2.41. The first-order chi connectivity index (χ1) is 7.84. The maximum Gasteiger partial charge on any atom is 0.110 e. The van der Waals surface area contributed by atoms with Crippen molar-refractivity contribution in [1.29, 1.82) is 0 Å². The third kappa shape index (κ3) is 1.50. The van der Waals surface area contributed by atoms with Crippen molar-refractivity contribution in [3.8, 4) is 0 Å². The zero-order valence-corrected chi connectivity index (χ0v) is 9.79. The molecule has 2 aliphatic rings. The molecule has 16 heavy (non-hydrogen) atoms. The summed E-state index contributed by atoms with van der Waals surface area (Å²) in [6.07, 6.45) is 7.94. The lowest BCUT2D eigenvalue weighted by Gasteiger charge is -2.43. The molecule has 2 heterocycles. The second-order valence-corrected chi connectivity index (χ2v) is 4.97. The Morgan fingerprint density at radius 2 is 2.50 bits per heavy atom. The SMILES string of the molecule is COC1CCCC2(C1)NCCc1occc12. The standard InChI is InChI=1S/C13H19NO2/c1-15-10-3-2-6-13(9-10)11-5-8-16-12(11)4-7-14-13/h5,8,10,14H,2-4,6-7,9H2,1H3. The van der Waals surface area contributed by atoms with Crippen molar-refractivity contribution in [2.45, 2.75) is 43.7 Å². The van der Waals surface area contributed by atoms with Crippen LogP contribution in [0.1, 0.15) is 37.0 Å². The molecule has 0 radical (unpaired) electrons. The summed E-state index contributed by atoms with van der Waals surface area (Å²) in [5, 5.41) is 3.70. The lowest BCUT2D eigenvalue weighted by molar-refractivity contribution is 0.0265. The molecule has 1 N–H and O–H groups in total. The van der Waals surface area contributed by atoms with Gasteiger partial charge in [0.25, 0.3) is 0 Å². The average molecular weight is 221 g/mol. The van der Waals surface area contributed by atoms with E-state index in [1.807, 2.05) is 13.4 Å². The van der Waals surface area contributed by atoms with Crippen LogP contribution in [-0.2, 0) is 16.7 Å².